The first-order valence-electron chi connectivity index (χ1n) is 9.76. The summed E-state index contributed by atoms with van der Waals surface area (Å²) in [5, 5.41) is 12.2. The van der Waals surface area contributed by atoms with E-state index in [1.807, 2.05) is 18.2 Å². The monoisotopic (exact) mass is 447 g/mol. The van der Waals surface area contributed by atoms with Crippen molar-refractivity contribution in [1.29, 1.82) is 5.26 Å². The van der Waals surface area contributed by atoms with Gasteiger partial charge in [0.15, 0.2) is 0 Å². The van der Waals surface area contributed by atoms with Crippen molar-refractivity contribution in [1.82, 2.24) is 10.0 Å². The standard InChI is InChI=1S/C22H26ClN3O3S/c1-16(2)4-13-21(17-5-9-19(23)10-6-17)26-22(27)18-7-11-20(12-8-18)30(28,29)25-15-3-14-24/h5-12,16,21,25H,3-4,13,15H2,1-2H3,(H,26,27). The van der Waals surface area contributed by atoms with Crippen LogP contribution in [0.25, 0.3) is 0 Å². The van der Waals surface area contributed by atoms with Crippen molar-refractivity contribution in [2.45, 2.75) is 44.0 Å². The van der Waals surface area contributed by atoms with E-state index >= 15 is 0 Å². The molecule has 0 bridgehead atoms. The molecule has 2 aromatic rings. The van der Waals surface area contributed by atoms with Gasteiger partial charge in [-0.3, -0.25) is 4.79 Å². The molecule has 0 saturated carbocycles. The summed E-state index contributed by atoms with van der Waals surface area (Å²) in [6.45, 7) is 4.30. The van der Waals surface area contributed by atoms with Crippen LogP contribution in [0.2, 0.25) is 5.02 Å². The molecule has 30 heavy (non-hydrogen) atoms. The van der Waals surface area contributed by atoms with Crippen LogP contribution in [0.1, 0.15) is 55.1 Å². The van der Waals surface area contributed by atoms with Gasteiger partial charge in [0.05, 0.1) is 17.0 Å². The van der Waals surface area contributed by atoms with Crippen LogP contribution in [0.3, 0.4) is 0 Å². The molecule has 0 saturated heterocycles. The van der Waals surface area contributed by atoms with Gasteiger partial charge in [0.25, 0.3) is 5.91 Å². The molecule has 0 fully saturated rings. The summed E-state index contributed by atoms with van der Waals surface area (Å²) in [7, 11) is -3.71. The van der Waals surface area contributed by atoms with Gasteiger partial charge in [0.1, 0.15) is 0 Å². The third-order valence-electron chi connectivity index (χ3n) is 4.57. The summed E-state index contributed by atoms with van der Waals surface area (Å²) in [6, 6.07) is 14.8. The number of carbonyl (C=O) groups excluding carboxylic acids is 1. The lowest BCUT2D eigenvalue weighted by atomic mass is 9.97. The van der Waals surface area contributed by atoms with Crippen LogP contribution in [0.4, 0.5) is 0 Å². The van der Waals surface area contributed by atoms with Gasteiger partial charge >= 0.3 is 0 Å². The molecule has 0 spiro atoms. The Bertz CT molecular complexity index is 982. The molecule has 0 aliphatic carbocycles. The van der Waals surface area contributed by atoms with Crippen LogP contribution in [0.5, 0.6) is 0 Å². The maximum Gasteiger partial charge on any atom is 0.251 e. The Hall–Kier alpha value is -2.40. The van der Waals surface area contributed by atoms with E-state index in [0.717, 1.165) is 18.4 Å². The summed E-state index contributed by atoms with van der Waals surface area (Å²) in [4.78, 5) is 12.8. The summed E-state index contributed by atoms with van der Waals surface area (Å²) in [5.41, 5.74) is 1.34. The molecular weight excluding hydrogens is 422 g/mol. The minimum atomic E-state index is -3.71. The molecule has 0 aliphatic heterocycles. The second kappa shape index (κ2) is 11.1. The smallest absolute Gasteiger partial charge is 0.251 e. The number of benzene rings is 2. The van der Waals surface area contributed by atoms with E-state index in [1.165, 1.54) is 24.3 Å². The van der Waals surface area contributed by atoms with Gasteiger partial charge in [0.2, 0.25) is 10.0 Å². The lowest BCUT2D eigenvalue weighted by molar-refractivity contribution is 0.0933. The molecule has 0 heterocycles. The molecule has 8 heteroatoms. The molecule has 160 valence electrons. The fourth-order valence-electron chi connectivity index (χ4n) is 2.87. The van der Waals surface area contributed by atoms with Gasteiger partial charge in [0, 0.05) is 23.6 Å². The zero-order chi connectivity index (χ0) is 22.1. The van der Waals surface area contributed by atoms with Gasteiger partial charge in [-0.2, -0.15) is 5.26 Å². The Labute approximate surface area is 183 Å². The van der Waals surface area contributed by atoms with E-state index < -0.39 is 10.0 Å². The number of sulfonamides is 1. The van der Waals surface area contributed by atoms with Crippen LogP contribution in [-0.4, -0.2) is 20.9 Å². The number of rotatable bonds is 10. The highest BCUT2D eigenvalue weighted by atomic mass is 35.5. The molecule has 1 atom stereocenters. The average Bonchev–Trinajstić information content (AvgIpc) is 2.71. The topological polar surface area (TPSA) is 99.1 Å². The van der Waals surface area contributed by atoms with Gasteiger partial charge in [-0.05, 0) is 60.7 Å². The Morgan fingerprint density at radius 3 is 2.27 bits per heavy atom. The van der Waals surface area contributed by atoms with E-state index in [1.54, 1.807) is 12.1 Å². The van der Waals surface area contributed by atoms with Crippen molar-refractivity contribution in [2.24, 2.45) is 5.92 Å². The Morgan fingerprint density at radius 1 is 1.07 bits per heavy atom. The first-order chi connectivity index (χ1) is 14.2. The molecule has 2 aromatic carbocycles. The quantitative estimate of drug-likeness (QED) is 0.526. The van der Waals surface area contributed by atoms with Crippen molar-refractivity contribution in [2.75, 3.05) is 6.54 Å². The number of nitrogens with one attached hydrogen (secondary N) is 2. The maximum atomic E-state index is 12.8. The number of halogens is 1. The fraction of sp³-hybridized carbons (Fsp3) is 0.364. The predicted molar refractivity (Wildman–Crippen MR) is 118 cm³/mol. The molecule has 6 nitrogen and oxygen atoms in total. The summed E-state index contributed by atoms with van der Waals surface area (Å²) < 4.78 is 26.7. The predicted octanol–water partition coefficient (Wildman–Crippen LogP) is 4.44. The zero-order valence-corrected chi connectivity index (χ0v) is 18.6. The van der Waals surface area contributed by atoms with Crippen molar-refractivity contribution < 1.29 is 13.2 Å². The molecule has 1 amide bonds. The number of nitriles is 1. The third-order valence-corrected chi connectivity index (χ3v) is 6.29. The maximum absolute atomic E-state index is 12.8. The van der Waals surface area contributed by atoms with E-state index in [-0.39, 0.29) is 29.8 Å². The summed E-state index contributed by atoms with van der Waals surface area (Å²) >= 11 is 5.98. The van der Waals surface area contributed by atoms with Crippen molar-refractivity contribution in [3.63, 3.8) is 0 Å². The van der Waals surface area contributed by atoms with Crippen LogP contribution in [0, 0.1) is 17.2 Å². The van der Waals surface area contributed by atoms with Crippen molar-refractivity contribution >= 4 is 27.5 Å². The Morgan fingerprint density at radius 2 is 1.70 bits per heavy atom. The molecule has 1 unspecified atom stereocenters. The van der Waals surface area contributed by atoms with Gasteiger partial charge < -0.3 is 5.32 Å². The van der Waals surface area contributed by atoms with Crippen molar-refractivity contribution in [3.8, 4) is 6.07 Å². The van der Waals surface area contributed by atoms with E-state index in [2.05, 4.69) is 23.9 Å². The number of nitrogens with zero attached hydrogens (tertiary/aromatic N) is 1. The number of carbonyl (C=O) groups is 1. The van der Waals surface area contributed by atoms with Gasteiger partial charge in [-0.15, -0.1) is 0 Å². The van der Waals surface area contributed by atoms with E-state index in [4.69, 9.17) is 16.9 Å². The second-order valence-corrected chi connectivity index (χ2v) is 9.58. The largest absolute Gasteiger partial charge is 0.345 e. The van der Waals surface area contributed by atoms with Gasteiger partial charge in [-0.25, -0.2) is 13.1 Å². The summed E-state index contributed by atoms with van der Waals surface area (Å²) in [5.74, 6) is 0.217. The first-order valence-corrected chi connectivity index (χ1v) is 11.6. The average molecular weight is 448 g/mol. The fourth-order valence-corrected chi connectivity index (χ4v) is 4.03. The molecular formula is C22H26ClN3O3S. The number of hydrogen-bond acceptors (Lipinski definition) is 4. The van der Waals surface area contributed by atoms with E-state index in [9.17, 15) is 13.2 Å². The lowest BCUT2D eigenvalue weighted by Crippen LogP contribution is -2.29. The van der Waals surface area contributed by atoms with E-state index in [0.29, 0.717) is 16.5 Å². The Kier molecular flexibility index (Phi) is 8.85. The zero-order valence-electron chi connectivity index (χ0n) is 17.1. The Balaban J connectivity index is 2.13. The van der Waals surface area contributed by atoms with Crippen molar-refractivity contribution in [3.05, 3.63) is 64.7 Å². The van der Waals surface area contributed by atoms with Gasteiger partial charge in [-0.1, -0.05) is 37.6 Å². The first kappa shape index (κ1) is 23.9. The second-order valence-electron chi connectivity index (χ2n) is 7.38. The number of amides is 1. The van der Waals surface area contributed by atoms with Crippen LogP contribution >= 0.6 is 11.6 Å². The molecule has 0 aromatic heterocycles. The minimum absolute atomic E-state index is 0.0414. The third kappa shape index (κ3) is 7.13. The lowest BCUT2D eigenvalue weighted by Gasteiger charge is -2.20. The summed E-state index contributed by atoms with van der Waals surface area (Å²) in [6.07, 6.45) is 1.81. The van der Waals surface area contributed by atoms with Crippen LogP contribution < -0.4 is 10.0 Å². The minimum Gasteiger partial charge on any atom is -0.345 e. The SMILES string of the molecule is CC(C)CCC(NC(=O)c1ccc(S(=O)(=O)NCCC#N)cc1)c1ccc(Cl)cc1. The van der Waals surface area contributed by atoms with Crippen LogP contribution in [0.15, 0.2) is 53.4 Å². The molecule has 2 rings (SSSR count). The highest BCUT2D eigenvalue weighted by molar-refractivity contribution is 7.89. The van der Waals surface area contributed by atoms with Crippen LogP contribution in [-0.2, 0) is 10.0 Å². The normalized spacial score (nSPS) is 12.4. The molecule has 0 aliphatic rings. The highest BCUT2D eigenvalue weighted by Gasteiger charge is 2.18. The highest BCUT2D eigenvalue weighted by Crippen LogP contribution is 2.23. The molecule has 0 radical (unpaired) electrons. The number of hydrogen-bond donors (Lipinski definition) is 2. The molecule has 2 N–H and O–H groups in total.